The van der Waals surface area contributed by atoms with E-state index in [1.165, 1.54) is 70.6 Å². The van der Waals surface area contributed by atoms with E-state index in [1.807, 2.05) is 0 Å². The summed E-state index contributed by atoms with van der Waals surface area (Å²) in [5.74, 6) is -0.0407. The first-order valence-electron chi connectivity index (χ1n) is 11.3. The monoisotopic (exact) mass is 386 g/mol. The molecule has 156 valence electrons. The highest BCUT2D eigenvalue weighted by molar-refractivity contribution is 6.69. The average Bonchev–Trinajstić information content (AvgIpc) is 2.57. The van der Waals surface area contributed by atoms with Gasteiger partial charge in [-0.3, -0.25) is 4.79 Å². The Morgan fingerprint density at radius 3 is 1.58 bits per heavy atom. The smallest absolute Gasteiger partial charge is 0.305 e. The largest absolute Gasteiger partial charge is 0.466 e. The van der Waals surface area contributed by atoms with Crippen LogP contribution >= 0.6 is 0 Å². The van der Waals surface area contributed by atoms with Crippen molar-refractivity contribution in [1.82, 2.24) is 0 Å². The second-order valence-corrected chi connectivity index (χ2v) is 13.0. The third-order valence-corrected chi connectivity index (χ3v) is 5.64. The molecule has 0 radical (unpaired) electrons. The van der Waals surface area contributed by atoms with Gasteiger partial charge in [-0.2, -0.15) is 0 Å². The van der Waals surface area contributed by atoms with Gasteiger partial charge < -0.3 is 9.16 Å². The Hall–Kier alpha value is -0.353. The molecule has 0 saturated heterocycles. The standard InChI is InChI=1S/C22H46O3Si/c1-5-6-7-8-9-10-11-12-13-14-15-16-17-19-22(23)24-20-18-21-25-26(2,3)4/h5-21H2,1-4H3. The Kier molecular flexibility index (Phi) is 17.8. The summed E-state index contributed by atoms with van der Waals surface area (Å²) in [6.07, 6.45) is 18.7. The van der Waals surface area contributed by atoms with Gasteiger partial charge in [0, 0.05) is 19.4 Å². The molecular formula is C22H46O3Si. The number of esters is 1. The summed E-state index contributed by atoms with van der Waals surface area (Å²) in [5.41, 5.74) is 0. The van der Waals surface area contributed by atoms with Crippen molar-refractivity contribution in [2.75, 3.05) is 13.2 Å². The van der Waals surface area contributed by atoms with Crippen LogP contribution in [0.2, 0.25) is 19.6 Å². The molecule has 0 aliphatic rings. The van der Waals surface area contributed by atoms with Crippen LogP contribution in [0, 0.1) is 0 Å². The van der Waals surface area contributed by atoms with Gasteiger partial charge in [-0.1, -0.05) is 84.0 Å². The first-order chi connectivity index (χ1) is 12.5. The van der Waals surface area contributed by atoms with Gasteiger partial charge in [0.1, 0.15) is 0 Å². The van der Waals surface area contributed by atoms with E-state index < -0.39 is 8.32 Å². The number of hydrogen-bond donors (Lipinski definition) is 0. The third kappa shape index (κ3) is 21.7. The highest BCUT2D eigenvalue weighted by atomic mass is 28.4. The topological polar surface area (TPSA) is 35.5 Å². The molecule has 0 unspecified atom stereocenters. The number of carbonyl (C=O) groups excluding carboxylic acids is 1. The molecule has 0 heterocycles. The normalized spacial score (nSPS) is 11.7. The number of carbonyl (C=O) groups is 1. The molecule has 0 aromatic heterocycles. The fourth-order valence-corrected chi connectivity index (χ4v) is 3.74. The second-order valence-electron chi connectivity index (χ2n) is 8.53. The van der Waals surface area contributed by atoms with Gasteiger partial charge in [0.2, 0.25) is 0 Å². The van der Waals surface area contributed by atoms with Crippen molar-refractivity contribution in [2.45, 2.75) is 123 Å². The molecule has 0 N–H and O–H groups in total. The zero-order valence-corrected chi connectivity index (χ0v) is 19.2. The van der Waals surface area contributed by atoms with E-state index in [0.717, 1.165) is 19.3 Å². The summed E-state index contributed by atoms with van der Waals surface area (Å²) in [4.78, 5) is 11.7. The highest BCUT2D eigenvalue weighted by Gasteiger charge is 2.13. The van der Waals surface area contributed by atoms with Gasteiger partial charge in [-0.05, 0) is 26.1 Å². The van der Waals surface area contributed by atoms with Crippen molar-refractivity contribution >= 4 is 14.3 Å². The van der Waals surface area contributed by atoms with Crippen LogP contribution in [0.5, 0.6) is 0 Å². The van der Waals surface area contributed by atoms with Gasteiger partial charge in [0.15, 0.2) is 8.32 Å². The molecule has 3 nitrogen and oxygen atoms in total. The van der Waals surface area contributed by atoms with Crippen LogP contribution in [-0.4, -0.2) is 27.5 Å². The SMILES string of the molecule is CCCCCCCCCCCCCCCC(=O)OCCCO[Si](C)(C)C. The Morgan fingerprint density at radius 1 is 0.654 bits per heavy atom. The van der Waals surface area contributed by atoms with Crippen LogP contribution < -0.4 is 0 Å². The lowest BCUT2D eigenvalue weighted by Crippen LogP contribution is -2.26. The molecule has 0 aromatic carbocycles. The molecule has 0 rings (SSSR count). The van der Waals surface area contributed by atoms with E-state index in [2.05, 4.69) is 26.6 Å². The average molecular weight is 387 g/mol. The van der Waals surface area contributed by atoms with Crippen molar-refractivity contribution in [3.8, 4) is 0 Å². The fraction of sp³-hybridized carbons (Fsp3) is 0.955. The Bertz CT molecular complexity index is 313. The quantitative estimate of drug-likeness (QED) is 0.133. The van der Waals surface area contributed by atoms with Crippen molar-refractivity contribution < 1.29 is 14.0 Å². The molecule has 0 aromatic rings. The van der Waals surface area contributed by atoms with E-state index in [1.54, 1.807) is 0 Å². The lowest BCUT2D eigenvalue weighted by molar-refractivity contribution is -0.144. The van der Waals surface area contributed by atoms with E-state index in [0.29, 0.717) is 19.6 Å². The molecule has 0 spiro atoms. The predicted molar refractivity (Wildman–Crippen MR) is 115 cm³/mol. The predicted octanol–water partition coefficient (Wildman–Crippen LogP) is 7.25. The van der Waals surface area contributed by atoms with Crippen molar-refractivity contribution in [3.05, 3.63) is 0 Å². The minimum atomic E-state index is -1.43. The van der Waals surface area contributed by atoms with Crippen LogP contribution in [0.4, 0.5) is 0 Å². The Morgan fingerprint density at radius 2 is 1.12 bits per heavy atom. The van der Waals surface area contributed by atoms with Crippen LogP contribution in [0.25, 0.3) is 0 Å². The molecule has 4 heteroatoms. The van der Waals surface area contributed by atoms with Gasteiger partial charge in [0.25, 0.3) is 0 Å². The van der Waals surface area contributed by atoms with E-state index in [-0.39, 0.29) is 5.97 Å². The molecule has 0 amide bonds. The molecule has 0 atom stereocenters. The molecular weight excluding hydrogens is 340 g/mol. The zero-order chi connectivity index (χ0) is 19.5. The van der Waals surface area contributed by atoms with Gasteiger partial charge in [0.05, 0.1) is 6.61 Å². The van der Waals surface area contributed by atoms with E-state index >= 15 is 0 Å². The van der Waals surface area contributed by atoms with Gasteiger partial charge >= 0.3 is 5.97 Å². The molecule has 0 aliphatic carbocycles. The maximum Gasteiger partial charge on any atom is 0.305 e. The first-order valence-corrected chi connectivity index (χ1v) is 14.7. The first kappa shape index (κ1) is 25.6. The maximum absolute atomic E-state index is 11.7. The lowest BCUT2D eigenvalue weighted by Gasteiger charge is -2.16. The van der Waals surface area contributed by atoms with E-state index in [9.17, 15) is 4.79 Å². The zero-order valence-electron chi connectivity index (χ0n) is 18.2. The van der Waals surface area contributed by atoms with Gasteiger partial charge in [-0.25, -0.2) is 0 Å². The van der Waals surface area contributed by atoms with Crippen LogP contribution in [0.15, 0.2) is 0 Å². The van der Waals surface area contributed by atoms with Crippen LogP contribution in [-0.2, 0) is 14.0 Å². The summed E-state index contributed by atoms with van der Waals surface area (Å²) < 4.78 is 11.0. The summed E-state index contributed by atoms with van der Waals surface area (Å²) in [7, 11) is -1.43. The minimum absolute atomic E-state index is 0.0407. The Labute approximate surface area is 164 Å². The van der Waals surface area contributed by atoms with Crippen LogP contribution in [0.3, 0.4) is 0 Å². The van der Waals surface area contributed by atoms with Gasteiger partial charge in [-0.15, -0.1) is 0 Å². The summed E-state index contributed by atoms with van der Waals surface area (Å²) in [6, 6.07) is 0. The number of rotatable bonds is 19. The number of unbranched alkanes of at least 4 members (excludes halogenated alkanes) is 12. The Balaban J connectivity index is 3.19. The van der Waals surface area contributed by atoms with Crippen molar-refractivity contribution in [2.24, 2.45) is 0 Å². The molecule has 0 saturated carbocycles. The number of hydrogen-bond acceptors (Lipinski definition) is 3. The highest BCUT2D eigenvalue weighted by Crippen LogP contribution is 2.13. The van der Waals surface area contributed by atoms with Crippen molar-refractivity contribution in [3.63, 3.8) is 0 Å². The van der Waals surface area contributed by atoms with Crippen LogP contribution in [0.1, 0.15) is 103 Å². The van der Waals surface area contributed by atoms with Crippen molar-refractivity contribution in [1.29, 1.82) is 0 Å². The fourth-order valence-electron chi connectivity index (χ4n) is 2.98. The summed E-state index contributed by atoms with van der Waals surface area (Å²) in [5, 5.41) is 0. The molecule has 0 aliphatic heterocycles. The number of ether oxygens (including phenoxy) is 1. The molecule has 0 bridgehead atoms. The minimum Gasteiger partial charge on any atom is -0.466 e. The third-order valence-electron chi connectivity index (χ3n) is 4.57. The maximum atomic E-state index is 11.7. The lowest BCUT2D eigenvalue weighted by atomic mass is 10.0. The molecule has 0 fully saturated rings. The summed E-state index contributed by atoms with van der Waals surface area (Å²) in [6.45, 7) is 10.0. The molecule has 26 heavy (non-hydrogen) atoms. The van der Waals surface area contributed by atoms with E-state index in [4.69, 9.17) is 9.16 Å². The second kappa shape index (κ2) is 18.0. The summed E-state index contributed by atoms with van der Waals surface area (Å²) >= 11 is 0.